The molecule has 7 nitrogen and oxygen atoms in total. The molecule has 0 radical (unpaired) electrons. The third kappa shape index (κ3) is 4.08. The Morgan fingerprint density at radius 1 is 1.00 bits per heavy atom. The summed E-state index contributed by atoms with van der Waals surface area (Å²) in [7, 11) is 0. The number of hydrogen-bond acceptors (Lipinski definition) is 4. The highest BCUT2D eigenvalue weighted by Crippen LogP contribution is 2.13. The highest BCUT2D eigenvalue weighted by atomic mass is 16.5. The summed E-state index contributed by atoms with van der Waals surface area (Å²) in [4.78, 5) is 36.6. The smallest absolute Gasteiger partial charge is 0.329 e. The highest BCUT2D eigenvalue weighted by molar-refractivity contribution is 5.92. The monoisotopic (exact) mass is 367 g/mol. The maximum absolute atomic E-state index is 12.5. The zero-order chi connectivity index (χ0) is 19.4. The number of para-hydroxylation sites is 2. The zero-order valence-corrected chi connectivity index (χ0v) is 15.3. The largest absolute Gasteiger partial charge is 0.454 e. The van der Waals surface area contributed by atoms with Crippen LogP contribution in [0.4, 0.5) is 5.69 Å². The number of carbonyl (C=O) groups excluding carboxylic acids is 2. The summed E-state index contributed by atoms with van der Waals surface area (Å²) in [6.07, 6.45) is 0. The third-order valence-corrected chi connectivity index (χ3v) is 4.23. The molecule has 3 rings (SSSR count). The van der Waals surface area contributed by atoms with Gasteiger partial charge in [-0.25, -0.2) is 4.79 Å². The molecule has 0 bridgehead atoms. The maximum Gasteiger partial charge on any atom is 0.329 e. The van der Waals surface area contributed by atoms with Crippen LogP contribution in [0.2, 0.25) is 0 Å². The first-order valence-corrected chi connectivity index (χ1v) is 8.69. The number of carbonyl (C=O) groups is 2. The van der Waals surface area contributed by atoms with Crippen LogP contribution in [-0.4, -0.2) is 27.6 Å². The van der Waals surface area contributed by atoms with E-state index in [9.17, 15) is 14.4 Å². The predicted molar refractivity (Wildman–Crippen MR) is 103 cm³/mol. The predicted octanol–water partition coefficient (Wildman–Crippen LogP) is 2.31. The summed E-state index contributed by atoms with van der Waals surface area (Å²) in [5, 5.41) is 2.65. The van der Waals surface area contributed by atoms with Gasteiger partial charge in [-0.3, -0.25) is 18.7 Å². The van der Waals surface area contributed by atoms with Gasteiger partial charge in [-0.2, -0.15) is 0 Å². The average molecular weight is 367 g/mol. The van der Waals surface area contributed by atoms with Gasteiger partial charge in [-0.1, -0.05) is 29.8 Å². The Balaban J connectivity index is 1.64. The van der Waals surface area contributed by atoms with Crippen molar-refractivity contribution in [3.63, 3.8) is 0 Å². The molecule has 27 heavy (non-hydrogen) atoms. The third-order valence-electron chi connectivity index (χ3n) is 4.23. The van der Waals surface area contributed by atoms with E-state index in [0.717, 1.165) is 11.1 Å². The maximum atomic E-state index is 12.5. The number of hydrogen-bond donors (Lipinski definition) is 1. The van der Waals surface area contributed by atoms with Crippen LogP contribution in [0.1, 0.15) is 12.5 Å². The van der Waals surface area contributed by atoms with E-state index < -0.39 is 18.5 Å². The van der Waals surface area contributed by atoms with Crippen LogP contribution >= 0.6 is 0 Å². The number of anilines is 1. The molecule has 0 saturated carbocycles. The second-order valence-electron chi connectivity index (χ2n) is 6.18. The van der Waals surface area contributed by atoms with Crippen LogP contribution in [0.3, 0.4) is 0 Å². The summed E-state index contributed by atoms with van der Waals surface area (Å²) in [6.45, 7) is 3.66. The molecule has 1 amide bonds. The molecule has 0 atom stereocenters. The minimum Gasteiger partial charge on any atom is -0.454 e. The quantitative estimate of drug-likeness (QED) is 0.678. The van der Waals surface area contributed by atoms with Crippen LogP contribution in [-0.2, 0) is 27.4 Å². The molecule has 3 aromatic rings. The van der Waals surface area contributed by atoms with Gasteiger partial charge >= 0.3 is 11.7 Å². The lowest BCUT2D eigenvalue weighted by molar-refractivity contribution is -0.147. The second kappa shape index (κ2) is 7.90. The number of nitrogens with zero attached hydrogens (tertiary/aromatic N) is 2. The van der Waals surface area contributed by atoms with Crippen molar-refractivity contribution in [3.8, 4) is 0 Å². The molecule has 0 aliphatic heterocycles. The van der Waals surface area contributed by atoms with E-state index >= 15 is 0 Å². The SMILES string of the molecule is CCn1c(=O)n(CC(=O)OCC(=O)Nc2ccc(C)cc2)c2ccccc21. The van der Waals surface area contributed by atoms with Gasteiger partial charge in [0.1, 0.15) is 6.54 Å². The van der Waals surface area contributed by atoms with Gasteiger partial charge in [-0.15, -0.1) is 0 Å². The molecule has 0 aliphatic carbocycles. The molecule has 1 aromatic heterocycles. The Labute approximate surface area is 156 Å². The molecule has 7 heteroatoms. The Morgan fingerprint density at radius 3 is 2.26 bits per heavy atom. The number of nitrogens with one attached hydrogen (secondary N) is 1. The van der Waals surface area contributed by atoms with Crippen molar-refractivity contribution >= 4 is 28.6 Å². The fraction of sp³-hybridized carbons (Fsp3) is 0.250. The van der Waals surface area contributed by atoms with E-state index in [1.807, 2.05) is 38.1 Å². The minimum absolute atomic E-state index is 0.246. The van der Waals surface area contributed by atoms with Gasteiger partial charge in [0.25, 0.3) is 5.91 Å². The van der Waals surface area contributed by atoms with E-state index in [0.29, 0.717) is 17.7 Å². The number of benzene rings is 2. The molecule has 140 valence electrons. The van der Waals surface area contributed by atoms with Crippen molar-refractivity contribution in [3.05, 3.63) is 64.6 Å². The molecule has 1 heterocycles. The first-order valence-electron chi connectivity index (χ1n) is 8.69. The zero-order valence-electron chi connectivity index (χ0n) is 15.3. The fourth-order valence-corrected chi connectivity index (χ4v) is 2.89. The van der Waals surface area contributed by atoms with E-state index in [1.165, 1.54) is 4.57 Å². The van der Waals surface area contributed by atoms with Crippen molar-refractivity contribution < 1.29 is 14.3 Å². The van der Waals surface area contributed by atoms with Crippen molar-refractivity contribution in [2.75, 3.05) is 11.9 Å². The fourth-order valence-electron chi connectivity index (χ4n) is 2.89. The normalized spacial score (nSPS) is 10.7. The van der Waals surface area contributed by atoms with E-state index in [4.69, 9.17) is 4.74 Å². The van der Waals surface area contributed by atoms with Crippen molar-refractivity contribution in [1.82, 2.24) is 9.13 Å². The van der Waals surface area contributed by atoms with Gasteiger partial charge in [0, 0.05) is 12.2 Å². The number of aryl methyl sites for hydroxylation is 2. The molecule has 0 unspecified atom stereocenters. The van der Waals surface area contributed by atoms with Crippen molar-refractivity contribution in [1.29, 1.82) is 0 Å². The number of esters is 1. The number of fused-ring (bicyclic) bond motifs is 1. The van der Waals surface area contributed by atoms with Gasteiger partial charge in [-0.05, 0) is 38.1 Å². The summed E-state index contributed by atoms with van der Waals surface area (Å²) >= 11 is 0. The Kier molecular flexibility index (Phi) is 5.40. The number of imidazole rings is 1. The number of amides is 1. The summed E-state index contributed by atoms with van der Waals surface area (Å²) in [5.41, 5.74) is 2.85. The highest BCUT2D eigenvalue weighted by Gasteiger charge is 2.16. The number of rotatable bonds is 6. The molecule has 1 N–H and O–H groups in total. The lowest BCUT2D eigenvalue weighted by atomic mass is 10.2. The summed E-state index contributed by atoms with van der Waals surface area (Å²) < 4.78 is 7.98. The van der Waals surface area contributed by atoms with Crippen LogP contribution < -0.4 is 11.0 Å². The molecular formula is C20H21N3O4. The average Bonchev–Trinajstić information content (AvgIpc) is 2.93. The lowest BCUT2D eigenvalue weighted by Gasteiger charge is -2.07. The molecule has 0 spiro atoms. The molecule has 2 aromatic carbocycles. The first-order chi connectivity index (χ1) is 13.0. The summed E-state index contributed by atoms with van der Waals surface area (Å²) in [5.74, 6) is -1.08. The lowest BCUT2D eigenvalue weighted by Crippen LogP contribution is -2.29. The van der Waals surface area contributed by atoms with Crippen LogP contribution in [0, 0.1) is 6.92 Å². The second-order valence-corrected chi connectivity index (χ2v) is 6.18. The van der Waals surface area contributed by atoms with E-state index in [1.54, 1.807) is 28.8 Å². The Morgan fingerprint density at radius 2 is 1.63 bits per heavy atom. The van der Waals surface area contributed by atoms with Crippen LogP contribution in [0.15, 0.2) is 53.3 Å². The Hall–Kier alpha value is -3.35. The minimum atomic E-state index is -0.643. The molecule has 0 aliphatic rings. The van der Waals surface area contributed by atoms with Gasteiger partial charge in [0.2, 0.25) is 0 Å². The van der Waals surface area contributed by atoms with Crippen LogP contribution in [0.5, 0.6) is 0 Å². The van der Waals surface area contributed by atoms with Gasteiger partial charge in [0.05, 0.1) is 11.0 Å². The Bertz CT molecular complexity index is 1030. The summed E-state index contributed by atoms with van der Waals surface area (Å²) in [6, 6.07) is 14.5. The first kappa shape index (κ1) is 18.4. The molecular weight excluding hydrogens is 346 g/mol. The topological polar surface area (TPSA) is 82.3 Å². The van der Waals surface area contributed by atoms with E-state index in [-0.39, 0.29) is 12.2 Å². The van der Waals surface area contributed by atoms with Crippen LogP contribution in [0.25, 0.3) is 11.0 Å². The molecule has 0 saturated heterocycles. The van der Waals surface area contributed by atoms with E-state index in [2.05, 4.69) is 5.32 Å². The van der Waals surface area contributed by atoms with Crippen molar-refractivity contribution in [2.45, 2.75) is 26.9 Å². The van der Waals surface area contributed by atoms with Crippen molar-refractivity contribution in [2.24, 2.45) is 0 Å². The number of ether oxygens (including phenoxy) is 1. The number of aromatic nitrogens is 2. The molecule has 0 fully saturated rings. The standard InChI is InChI=1S/C20H21N3O4/c1-3-22-16-6-4-5-7-17(16)23(20(22)26)12-19(25)27-13-18(24)21-15-10-8-14(2)9-11-15/h4-11H,3,12-13H2,1-2H3,(H,21,24). The van der Waals surface area contributed by atoms with Gasteiger partial charge in [0.15, 0.2) is 6.61 Å². The van der Waals surface area contributed by atoms with Gasteiger partial charge < -0.3 is 10.1 Å².